The molecule has 26 heavy (non-hydrogen) atoms. The molecular formula is C22H15NO3. The zero-order valence-corrected chi connectivity index (χ0v) is 14.4. The van der Waals surface area contributed by atoms with E-state index in [1.54, 1.807) is 18.2 Å². The first-order valence-electron chi connectivity index (χ1n) is 8.43. The Balaban J connectivity index is 1.64. The van der Waals surface area contributed by atoms with E-state index in [-0.39, 0.29) is 17.1 Å². The van der Waals surface area contributed by atoms with Crippen LogP contribution in [0.4, 0.5) is 0 Å². The molecule has 0 atom stereocenters. The van der Waals surface area contributed by atoms with E-state index in [9.17, 15) is 9.59 Å². The number of rotatable bonds is 1. The summed E-state index contributed by atoms with van der Waals surface area (Å²) in [7, 11) is 1.96. The van der Waals surface area contributed by atoms with E-state index in [1.165, 1.54) is 0 Å². The van der Waals surface area contributed by atoms with Gasteiger partial charge in [0.25, 0.3) is 0 Å². The second-order valence-electron chi connectivity index (χ2n) is 6.70. The van der Waals surface area contributed by atoms with E-state index in [0.29, 0.717) is 16.9 Å². The van der Waals surface area contributed by atoms with Gasteiger partial charge < -0.3 is 8.98 Å². The Labute approximate surface area is 149 Å². The van der Waals surface area contributed by atoms with Crippen LogP contribution in [0.15, 0.2) is 58.5 Å². The molecule has 0 aliphatic heterocycles. The van der Waals surface area contributed by atoms with Crippen molar-refractivity contribution >= 4 is 39.5 Å². The van der Waals surface area contributed by atoms with Gasteiger partial charge in [-0.1, -0.05) is 24.3 Å². The van der Waals surface area contributed by atoms with Gasteiger partial charge in [-0.2, -0.15) is 0 Å². The minimum absolute atomic E-state index is 0.158. The van der Waals surface area contributed by atoms with Crippen LogP contribution >= 0.6 is 0 Å². The van der Waals surface area contributed by atoms with Gasteiger partial charge in [0.1, 0.15) is 5.76 Å². The van der Waals surface area contributed by atoms with Gasteiger partial charge in [0.2, 0.25) is 0 Å². The van der Waals surface area contributed by atoms with E-state index in [1.807, 2.05) is 54.9 Å². The Hall–Kier alpha value is -3.40. The zero-order valence-electron chi connectivity index (χ0n) is 14.4. The van der Waals surface area contributed by atoms with E-state index < -0.39 is 0 Å². The van der Waals surface area contributed by atoms with Crippen LogP contribution in [0.25, 0.3) is 27.9 Å². The topological polar surface area (TPSA) is 52.2 Å². The van der Waals surface area contributed by atoms with Crippen LogP contribution < -0.4 is 0 Å². The van der Waals surface area contributed by atoms with Crippen molar-refractivity contribution in [1.29, 1.82) is 0 Å². The van der Waals surface area contributed by atoms with Crippen LogP contribution in [0.1, 0.15) is 32.2 Å². The number of hydrogen-bond donors (Lipinski definition) is 0. The van der Waals surface area contributed by atoms with E-state index in [0.717, 1.165) is 27.6 Å². The third-order valence-electron chi connectivity index (χ3n) is 5.14. The molecule has 0 fully saturated rings. The molecule has 5 rings (SSSR count). The predicted octanol–water partition coefficient (Wildman–Crippen LogP) is 4.70. The second-order valence-corrected chi connectivity index (χ2v) is 6.70. The number of benzene rings is 2. The maximum Gasteiger partial charge on any atom is 0.197 e. The highest BCUT2D eigenvalue weighted by Crippen LogP contribution is 2.32. The summed E-state index contributed by atoms with van der Waals surface area (Å²) in [5.74, 6) is 0.0273. The monoisotopic (exact) mass is 341 g/mol. The molecule has 2 aromatic carbocycles. The Morgan fingerprint density at radius 3 is 2.12 bits per heavy atom. The number of carbonyl (C=O) groups is 2. The van der Waals surface area contributed by atoms with Crippen molar-refractivity contribution in [3.8, 4) is 0 Å². The molecule has 0 N–H and O–H groups in total. The molecule has 0 saturated heterocycles. The third-order valence-corrected chi connectivity index (χ3v) is 5.14. The van der Waals surface area contributed by atoms with Crippen LogP contribution in [0.2, 0.25) is 0 Å². The fraction of sp³-hybridized carbons (Fsp3) is 0.0909. The number of carbonyl (C=O) groups excluding carboxylic acids is 2. The first-order valence-corrected chi connectivity index (χ1v) is 8.43. The number of nitrogens with zero attached hydrogens (tertiary/aromatic N) is 1. The molecule has 0 amide bonds. The predicted molar refractivity (Wildman–Crippen MR) is 101 cm³/mol. The van der Waals surface area contributed by atoms with Crippen molar-refractivity contribution in [2.45, 2.75) is 6.92 Å². The smallest absolute Gasteiger partial charge is 0.197 e. The third kappa shape index (κ3) is 1.96. The number of aromatic nitrogens is 1. The van der Waals surface area contributed by atoms with Gasteiger partial charge in [-0.25, -0.2) is 0 Å². The highest BCUT2D eigenvalue weighted by Gasteiger charge is 2.33. The van der Waals surface area contributed by atoms with Crippen LogP contribution in [0.5, 0.6) is 0 Å². The maximum absolute atomic E-state index is 12.8. The summed E-state index contributed by atoms with van der Waals surface area (Å²) < 4.78 is 7.82. The highest BCUT2D eigenvalue weighted by atomic mass is 16.3. The number of ketones is 2. The maximum atomic E-state index is 12.8. The summed E-state index contributed by atoms with van der Waals surface area (Å²) in [6.45, 7) is 2.00. The van der Waals surface area contributed by atoms with Gasteiger partial charge in [-0.05, 0) is 35.9 Å². The Bertz CT molecular complexity index is 1230. The largest absolute Gasteiger partial charge is 0.455 e. The van der Waals surface area contributed by atoms with Crippen LogP contribution in [0.3, 0.4) is 0 Å². The van der Waals surface area contributed by atoms with E-state index in [4.69, 9.17) is 4.42 Å². The van der Waals surface area contributed by atoms with Gasteiger partial charge in [0.15, 0.2) is 17.1 Å². The Morgan fingerprint density at radius 2 is 1.54 bits per heavy atom. The fourth-order valence-corrected chi connectivity index (χ4v) is 3.61. The second kappa shape index (κ2) is 5.05. The van der Waals surface area contributed by atoms with Crippen molar-refractivity contribution in [2.75, 3.05) is 0 Å². The van der Waals surface area contributed by atoms with Crippen molar-refractivity contribution in [3.63, 3.8) is 0 Å². The molecule has 4 heteroatoms. The zero-order chi connectivity index (χ0) is 18.0. The fourth-order valence-electron chi connectivity index (χ4n) is 3.61. The summed E-state index contributed by atoms with van der Waals surface area (Å²) in [5.41, 5.74) is 3.86. The molecule has 0 radical (unpaired) electrons. The normalized spacial score (nSPS) is 13.8. The molecule has 1 aliphatic carbocycles. The molecular weight excluding hydrogens is 326 g/mol. The molecule has 0 spiro atoms. The summed E-state index contributed by atoms with van der Waals surface area (Å²) in [5, 5.41) is 1.90. The molecule has 2 aromatic heterocycles. The summed E-state index contributed by atoms with van der Waals surface area (Å²) >= 11 is 0. The van der Waals surface area contributed by atoms with Gasteiger partial charge in [-0.3, -0.25) is 9.59 Å². The molecule has 1 aliphatic rings. The van der Waals surface area contributed by atoms with E-state index in [2.05, 4.69) is 0 Å². The average molecular weight is 341 g/mol. The molecule has 4 nitrogen and oxygen atoms in total. The van der Waals surface area contributed by atoms with Gasteiger partial charge in [-0.15, -0.1) is 0 Å². The number of aryl methyl sites for hydroxylation is 2. The van der Waals surface area contributed by atoms with Crippen molar-refractivity contribution < 1.29 is 14.0 Å². The lowest BCUT2D eigenvalue weighted by molar-refractivity contribution is 0.0990. The summed E-state index contributed by atoms with van der Waals surface area (Å²) in [6, 6.07) is 15.1. The van der Waals surface area contributed by atoms with E-state index >= 15 is 0 Å². The minimum atomic E-state index is -0.243. The molecule has 126 valence electrons. The van der Waals surface area contributed by atoms with Gasteiger partial charge in [0.05, 0.1) is 11.1 Å². The summed E-state index contributed by atoms with van der Waals surface area (Å²) in [4.78, 5) is 25.6. The Kier molecular flexibility index (Phi) is 2.89. The number of fused-ring (bicyclic) bond motifs is 3. The summed E-state index contributed by atoms with van der Waals surface area (Å²) in [6.07, 6.45) is 1.56. The molecule has 2 heterocycles. The van der Waals surface area contributed by atoms with Gasteiger partial charge in [0, 0.05) is 36.0 Å². The highest BCUT2D eigenvalue weighted by molar-refractivity contribution is 6.42. The number of Topliss-reactive ketones (excluding diaryl/α,β-unsaturated/α-hetero) is 2. The SMILES string of the molecule is Cc1cc2oc(C=C3C(=O)c4cc5ccccc5cc4C3=O)cc2n1C. The van der Waals surface area contributed by atoms with Crippen molar-refractivity contribution in [2.24, 2.45) is 7.05 Å². The van der Waals surface area contributed by atoms with Gasteiger partial charge >= 0.3 is 0 Å². The van der Waals surface area contributed by atoms with Crippen molar-refractivity contribution in [1.82, 2.24) is 4.57 Å². The molecule has 0 saturated carbocycles. The molecule has 0 unspecified atom stereocenters. The lowest BCUT2D eigenvalue weighted by atomic mass is 10.0. The van der Waals surface area contributed by atoms with Crippen LogP contribution in [0, 0.1) is 6.92 Å². The minimum Gasteiger partial charge on any atom is -0.455 e. The Morgan fingerprint density at radius 1 is 0.923 bits per heavy atom. The number of furan rings is 1. The molecule has 0 bridgehead atoms. The number of allylic oxidation sites excluding steroid dienone is 1. The first kappa shape index (κ1) is 14.9. The van der Waals surface area contributed by atoms with Crippen LogP contribution in [-0.4, -0.2) is 16.1 Å². The quantitative estimate of drug-likeness (QED) is 0.373. The standard InChI is InChI=1S/C22H15NO3/c1-12-7-20-19(23(12)2)11-15(26-20)10-18-21(24)16-8-13-5-3-4-6-14(13)9-17(16)22(18)25/h3-11H,1-2H3. The molecule has 4 aromatic rings. The lowest BCUT2D eigenvalue weighted by Crippen LogP contribution is -1.99. The number of hydrogen-bond acceptors (Lipinski definition) is 3. The van der Waals surface area contributed by atoms with Crippen molar-refractivity contribution in [3.05, 3.63) is 76.7 Å². The lowest BCUT2D eigenvalue weighted by Gasteiger charge is -2.00. The average Bonchev–Trinajstić information content (AvgIpc) is 3.22. The van der Waals surface area contributed by atoms with Crippen LogP contribution in [-0.2, 0) is 7.05 Å². The first-order chi connectivity index (χ1) is 12.5.